The van der Waals surface area contributed by atoms with Crippen LogP contribution >= 0.6 is 0 Å². The lowest BCUT2D eigenvalue weighted by Gasteiger charge is -2.15. The first kappa shape index (κ1) is 31.4. The van der Waals surface area contributed by atoms with Crippen LogP contribution in [0.1, 0.15) is 22.3 Å². The monoisotopic (exact) mass is 578 g/mol. The number of hydrogen-bond acceptors (Lipinski definition) is 9. The van der Waals surface area contributed by atoms with Crippen LogP contribution < -0.4 is 28.4 Å². The molecule has 0 radical (unpaired) electrons. The molecule has 10 nitrogen and oxygen atoms in total. The van der Waals surface area contributed by atoms with Crippen LogP contribution in [-0.2, 0) is 20.7 Å². The van der Waals surface area contributed by atoms with Gasteiger partial charge in [0.1, 0.15) is 0 Å². The first-order valence-electron chi connectivity index (χ1n) is 12.8. The standard InChI is InChI=1S/C32H34O10/c1-36-24-13-8-20(17-27(24)39-4)7-12-23-22(10-15-26(38-3)31(23)41-6)11-16-30(33)42-29(32(34)35)19-21-9-14-25(37-2)28(18-21)40-5/h7-18,29H,19H2,1-6H3,(H,34,35)/b12-7+,16-11+. The van der Waals surface area contributed by atoms with Gasteiger partial charge in [0, 0.05) is 18.1 Å². The van der Waals surface area contributed by atoms with Crippen LogP contribution in [0.3, 0.4) is 0 Å². The van der Waals surface area contributed by atoms with Crippen LogP contribution in [0.25, 0.3) is 18.2 Å². The Morgan fingerprint density at radius 1 is 0.690 bits per heavy atom. The van der Waals surface area contributed by atoms with Crippen molar-refractivity contribution in [2.75, 3.05) is 42.7 Å². The van der Waals surface area contributed by atoms with Gasteiger partial charge >= 0.3 is 11.9 Å². The van der Waals surface area contributed by atoms with E-state index >= 15 is 0 Å². The minimum atomic E-state index is -1.42. The lowest BCUT2D eigenvalue weighted by atomic mass is 10.0. The van der Waals surface area contributed by atoms with Gasteiger partial charge in [-0.2, -0.15) is 0 Å². The van der Waals surface area contributed by atoms with Crippen molar-refractivity contribution in [2.45, 2.75) is 12.5 Å². The van der Waals surface area contributed by atoms with Gasteiger partial charge in [0.2, 0.25) is 6.10 Å². The molecule has 222 valence electrons. The Labute approximate surface area is 244 Å². The summed E-state index contributed by atoms with van der Waals surface area (Å²) in [6, 6.07) is 13.9. The highest BCUT2D eigenvalue weighted by Crippen LogP contribution is 2.36. The van der Waals surface area contributed by atoms with Gasteiger partial charge in [-0.3, -0.25) is 0 Å². The molecule has 1 unspecified atom stereocenters. The van der Waals surface area contributed by atoms with Crippen molar-refractivity contribution in [3.05, 3.63) is 76.9 Å². The van der Waals surface area contributed by atoms with Crippen LogP contribution in [0.5, 0.6) is 34.5 Å². The minimum absolute atomic E-state index is 0.0645. The number of methoxy groups -OCH3 is 6. The number of esters is 1. The Balaban J connectivity index is 1.87. The highest BCUT2D eigenvalue weighted by atomic mass is 16.6. The van der Waals surface area contributed by atoms with E-state index in [9.17, 15) is 14.7 Å². The van der Waals surface area contributed by atoms with Crippen LogP contribution in [0.15, 0.2) is 54.6 Å². The average Bonchev–Trinajstić information content (AvgIpc) is 3.01. The zero-order valence-corrected chi connectivity index (χ0v) is 24.3. The van der Waals surface area contributed by atoms with Crippen molar-refractivity contribution in [1.82, 2.24) is 0 Å². The molecule has 0 aliphatic rings. The molecule has 0 spiro atoms. The van der Waals surface area contributed by atoms with E-state index in [-0.39, 0.29) is 6.42 Å². The normalized spacial score (nSPS) is 11.7. The third-order valence-corrected chi connectivity index (χ3v) is 6.27. The molecule has 3 rings (SSSR count). The maximum absolute atomic E-state index is 12.7. The summed E-state index contributed by atoms with van der Waals surface area (Å²) in [6.07, 6.45) is 4.86. The predicted molar refractivity (Wildman–Crippen MR) is 158 cm³/mol. The minimum Gasteiger partial charge on any atom is -0.493 e. The Kier molecular flexibility index (Phi) is 11.2. The second-order valence-corrected chi connectivity index (χ2v) is 8.74. The van der Waals surface area contributed by atoms with Crippen LogP contribution in [-0.4, -0.2) is 65.8 Å². The Morgan fingerprint density at radius 2 is 1.29 bits per heavy atom. The van der Waals surface area contributed by atoms with Gasteiger partial charge in [-0.1, -0.05) is 24.3 Å². The summed E-state index contributed by atoms with van der Waals surface area (Å²) >= 11 is 0. The van der Waals surface area contributed by atoms with Crippen LogP contribution in [0.2, 0.25) is 0 Å². The number of benzene rings is 3. The lowest BCUT2D eigenvalue weighted by molar-refractivity contribution is -0.160. The van der Waals surface area contributed by atoms with Crippen LogP contribution in [0.4, 0.5) is 0 Å². The van der Waals surface area contributed by atoms with Gasteiger partial charge in [0.05, 0.1) is 42.7 Å². The topological polar surface area (TPSA) is 119 Å². The molecule has 42 heavy (non-hydrogen) atoms. The van der Waals surface area contributed by atoms with E-state index in [0.29, 0.717) is 51.2 Å². The smallest absolute Gasteiger partial charge is 0.345 e. The molecule has 0 fully saturated rings. The lowest BCUT2D eigenvalue weighted by Crippen LogP contribution is -2.28. The molecule has 10 heteroatoms. The van der Waals surface area contributed by atoms with E-state index in [1.165, 1.54) is 40.6 Å². The molecular formula is C32H34O10. The largest absolute Gasteiger partial charge is 0.493 e. The molecular weight excluding hydrogens is 544 g/mol. The second kappa shape index (κ2) is 15.0. The van der Waals surface area contributed by atoms with Crippen molar-refractivity contribution in [3.63, 3.8) is 0 Å². The summed E-state index contributed by atoms with van der Waals surface area (Å²) in [5.74, 6) is 0.935. The van der Waals surface area contributed by atoms with Gasteiger partial charge in [-0.25, -0.2) is 9.59 Å². The number of carbonyl (C=O) groups excluding carboxylic acids is 1. The quantitative estimate of drug-likeness (QED) is 0.156. The molecule has 3 aromatic rings. The Morgan fingerprint density at radius 3 is 1.88 bits per heavy atom. The SMILES string of the molecule is COc1ccc(/C=C/c2c(/C=C/C(=O)OC(Cc3ccc(OC)c(OC)c3)C(=O)O)ccc(OC)c2OC)cc1OC. The van der Waals surface area contributed by atoms with Crippen molar-refractivity contribution in [1.29, 1.82) is 0 Å². The fraction of sp³-hybridized carbons (Fsp3) is 0.250. The Hall–Kier alpha value is -5.12. The molecule has 0 aromatic heterocycles. The summed E-state index contributed by atoms with van der Waals surface area (Å²) in [4.78, 5) is 24.6. The van der Waals surface area contributed by atoms with Gasteiger partial charge in [0.25, 0.3) is 0 Å². The number of hydrogen-bond donors (Lipinski definition) is 1. The average molecular weight is 579 g/mol. The van der Waals surface area contributed by atoms with E-state index in [4.69, 9.17) is 33.2 Å². The fourth-order valence-corrected chi connectivity index (χ4v) is 4.16. The van der Waals surface area contributed by atoms with Crippen LogP contribution in [0, 0.1) is 0 Å². The number of ether oxygens (including phenoxy) is 7. The highest BCUT2D eigenvalue weighted by molar-refractivity contribution is 5.91. The third kappa shape index (κ3) is 7.75. The number of carboxylic acid groups (broad SMARTS) is 1. The molecule has 0 amide bonds. The molecule has 1 atom stereocenters. The van der Waals surface area contributed by atoms with E-state index in [1.54, 1.807) is 50.6 Å². The van der Waals surface area contributed by atoms with E-state index in [1.807, 2.05) is 24.3 Å². The first-order chi connectivity index (χ1) is 20.3. The molecule has 0 bridgehead atoms. The maximum atomic E-state index is 12.7. The number of rotatable bonds is 14. The molecule has 1 N–H and O–H groups in total. The molecule has 0 aliphatic carbocycles. The van der Waals surface area contributed by atoms with Gasteiger partial charge in [-0.15, -0.1) is 0 Å². The molecule has 0 aliphatic heterocycles. The van der Waals surface area contributed by atoms with Gasteiger partial charge in [-0.05, 0) is 59.2 Å². The van der Waals surface area contributed by atoms with Crippen molar-refractivity contribution < 1.29 is 47.9 Å². The van der Waals surface area contributed by atoms with Gasteiger partial charge < -0.3 is 38.3 Å². The van der Waals surface area contributed by atoms with Gasteiger partial charge in [0.15, 0.2) is 34.5 Å². The Bertz CT molecular complexity index is 1460. The molecule has 0 heterocycles. The summed E-state index contributed by atoms with van der Waals surface area (Å²) < 4.78 is 37.5. The first-order valence-corrected chi connectivity index (χ1v) is 12.8. The number of carboxylic acids is 1. The maximum Gasteiger partial charge on any atom is 0.345 e. The summed E-state index contributed by atoms with van der Waals surface area (Å²) in [7, 11) is 9.14. The van der Waals surface area contributed by atoms with Crippen molar-refractivity contribution >= 4 is 30.2 Å². The molecule has 0 saturated heterocycles. The van der Waals surface area contributed by atoms with E-state index < -0.39 is 18.0 Å². The highest BCUT2D eigenvalue weighted by Gasteiger charge is 2.23. The molecule has 0 saturated carbocycles. The summed E-state index contributed by atoms with van der Waals surface area (Å²) in [5.41, 5.74) is 2.65. The zero-order valence-electron chi connectivity index (χ0n) is 24.3. The second-order valence-electron chi connectivity index (χ2n) is 8.74. The summed E-state index contributed by atoms with van der Waals surface area (Å²) in [5, 5.41) is 9.70. The van der Waals surface area contributed by atoms with Crippen molar-refractivity contribution in [3.8, 4) is 34.5 Å². The molecule has 3 aromatic carbocycles. The van der Waals surface area contributed by atoms with E-state index in [0.717, 1.165) is 5.56 Å². The number of carbonyl (C=O) groups is 2. The van der Waals surface area contributed by atoms with E-state index in [2.05, 4.69) is 0 Å². The van der Waals surface area contributed by atoms with Crippen molar-refractivity contribution in [2.24, 2.45) is 0 Å². The summed E-state index contributed by atoms with van der Waals surface area (Å²) in [6.45, 7) is 0. The third-order valence-electron chi connectivity index (χ3n) is 6.27. The number of aliphatic carboxylic acids is 1. The fourth-order valence-electron chi connectivity index (χ4n) is 4.16. The predicted octanol–water partition coefficient (Wildman–Crippen LogP) is 5.16. The zero-order chi connectivity index (χ0) is 30.6.